The Kier molecular flexibility index (Phi) is 7.82. The van der Waals surface area contributed by atoms with Crippen molar-refractivity contribution < 1.29 is 23.4 Å². The van der Waals surface area contributed by atoms with Crippen LogP contribution in [0, 0.1) is 12.7 Å². The summed E-state index contributed by atoms with van der Waals surface area (Å²) in [6.07, 6.45) is 1.82. The van der Waals surface area contributed by atoms with E-state index in [0.717, 1.165) is 22.4 Å². The number of hydrogen-bond donors (Lipinski definition) is 2. The predicted octanol–water partition coefficient (Wildman–Crippen LogP) is 5.72. The van der Waals surface area contributed by atoms with Crippen LogP contribution in [0.1, 0.15) is 23.6 Å². The molecular weight excluding hydrogens is 467 g/mol. The molecule has 1 heterocycles. The average molecular weight is 495 g/mol. The Morgan fingerprint density at radius 1 is 1.03 bits per heavy atom. The molecule has 182 valence electrons. The summed E-state index contributed by atoms with van der Waals surface area (Å²) in [5, 5.41) is 6.26. The van der Waals surface area contributed by atoms with Crippen LogP contribution in [-0.2, 0) is 11.4 Å². The number of amides is 1. The average Bonchev–Trinajstić information content (AvgIpc) is 3.18. The van der Waals surface area contributed by atoms with E-state index in [1.54, 1.807) is 19.2 Å². The number of anilines is 1. The lowest BCUT2D eigenvalue weighted by Crippen LogP contribution is -2.31. The molecule has 0 radical (unpaired) electrons. The van der Waals surface area contributed by atoms with Gasteiger partial charge in [0.2, 0.25) is 0 Å². The third kappa shape index (κ3) is 6.27. The molecule has 2 N–H and O–H groups in total. The van der Waals surface area contributed by atoms with Crippen LogP contribution in [0.3, 0.4) is 0 Å². The number of aryl methyl sites for hydroxylation is 1. The zero-order valence-electron chi connectivity index (χ0n) is 19.8. The fourth-order valence-electron chi connectivity index (χ4n) is 3.54. The van der Waals surface area contributed by atoms with Crippen LogP contribution in [0.4, 0.5) is 10.1 Å². The van der Waals surface area contributed by atoms with Gasteiger partial charge in [-0.25, -0.2) is 4.39 Å². The zero-order valence-corrected chi connectivity index (χ0v) is 20.6. The van der Waals surface area contributed by atoms with Crippen molar-refractivity contribution in [2.75, 3.05) is 19.0 Å². The molecule has 0 saturated carbocycles. The van der Waals surface area contributed by atoms with Gasteiger partial charge in [-0.1, -0.05) is 36.0 Å². The Balaban J connectivity index is 1.47. The Morgan fingerprint density at radius 2 is 1.80 bits per heavy atom. The smallest absolute Gasteiger partial charge is 0.260 e. The molecule has 35 heavy (non-hydrogen) atoms. The first-order valence-electron chi connectivity index (χ1n) is 11.2. The van der Waals surface area contributed by atoms with Crippen molar-refractivity contribution in [1.82, 2.24) is 5.32 Å². The first kappa shape index (κ1) is 24.5. The third-order valence-electron chi connectivity index (χ3n) is 5.25. The number of rotatable bonds is 9. The maximum absolute atomic E-state index is 13.1. The summed E-state index contributed by atoms with van der Waals surface area (Å²) in [5.74, 6) is 1.42. The van der Waals surface area contributed by atoms with Crippen LogP contribution in [0.2, 0.25) is 0 Å². The van der Waals surface area contributed by atoms with Crippen LogP contribution >= 0.6 is 11.8 Å². The van der Waals surface area contributed by atoms with Gasteiger partial charge < -0.3 is 24.8 Å². The van der Waals surface area contributed by atoms with Crippen molar-refractivity contribution in [3.05, 3.63) is 88.1 Å². The van der Waals surface area contributed by atoms with Crippen LogP contribution in [0.15, 0.2) is 65.6 Å². The van der Waals surface area contributed by atoms with E-state index in [1.165, 1.54) is 23.9 Å². The molecule has 0 aliphatic carbocycles. The molecule has 3 aromatic carbocycles. The van der Waals surface area contributed by atoms with E-state index in [4.69, 9.17) is 14.2 Å². The fourth-order valence-corrected chi connectivity index (χ4v) is 4.51. The Morgan fingerprint density at radius 3 is 2.54 bits per heavy atom. The van der Waals surface area contributed by atoms with E-state index in [-0.39, 0.29) is 23.8 Å². The van der Waals surface area contributed by atoms with Crippen LogP contribution < -0.4 is 24.8 Å². The van der Waals surface area contributed by atoms with E-state index < -0.39 is 0 Å². The van der Waals surface area contributed by atoms with Crippen LogP contribution in [0.5, 0.6) is 17.2 Å². The van der Waals surface area contributed by atoms with Gasteiger partial charge in [-0.15, -0.1) is 0 Å². The van der Waals surface area contributed by atoms with Gasteiger partial charge in [-0.2, -0.15) is 0 Å². The van der Waals surface area contributed by atoms with Crippen molar-refractivity contribution in [1.29, 1.82) is 0 Å². The van der Waals surface area contributed by atoms with E-state index >= 15 is 0 Å². The van der Waals surface area contributed by atoms with Gasteiger partial charge in [0.25, 0.3) is 5.91 Å². The third-order valence-corrected chi connectivity index (χ3v) is 6.27. The molecule has 1 amide bonds. The zero-order chi connectivity index (χ0) is 24.8. The van der Waals surface area contributed by atoms with Crippen molar-refractivity contribution >= 4 is 29.4 Å². The van der Waals surface area contributed by atoms with Crippen molar-refractivity contribution in [3.8, 4) is 17.2 Å². The summed E-state index contributed by atoms with van der Waals surface area (Å²) in [4.78, 5) is 13.2. The lowest BCUT2D eigenvalue weighted by molar-refractivity contribution is -0.116. The lowest BCUT2D eigenvalue weighted by atomic mass is 10.2. The largest absolute Gasteiger partial charge is 0.495 e. The highest BCUT2D eigenvalue weighted by Crippen LogP contribution is 2.35. The molecule has 3 aromatic rings. The minimum Gasteiger partial charge on any atom is -0.495 e. The summed E-state index contributed by atoms with van der Waals surface area (Å²) >= 11 is 1.40. The Bertz CT molecular complexity index is 1230. The van der Waals surface area contributed by atoms with Crippen molar-refractivity contribution in [2.24, 2.45) is 0 Å². The molecule has 0 bridgehead atoms. The normalized spacial score (nSPS) is 16.2. The highest BCUT2D eigenvalue weighted by atomic mass is 32.2. The monoisotopic (exact) mass is 494 g/mol. The SMILES string of the molecule is CCOc1cc(/C=C2\SC(Nc3cc(C)ccc3OC)NC2=O)ccc1OCc1ccc(F)cc1. The predicted molar refractivity (Wildman–Crippen MR) is 137 cm³/mol. The molecule has 1 aliphatic heterocycles. The van der Waals surface area contributed by atoms with Gasteiger partial charge in [0, 0.05) is 0 Å². The summed E-state index contributed by atoms with van der Waals surface area (Å²) in [6, 6.07) is 17.5. The second-order valence-electron chi connectivity index (χ2n) is 7.88. The fraction of sp³-hybridized carbons (Fsp3) is 0.222. The number of benzene rings is 3. The topological polar surface area (TPSA) is 68.8 Å². The number of nitrogens with one attached hydrogen (secondary N) is 2. The van der Waals surface area contributed by atoms with E-state index in [0.29, 0.717) is 28.8 Å². The molecule has 0 spiro atoms. The highest BCUT2D eigenvalue weighted by molar-refractivity contribution is 8.05. The van der Waals surface area contributed by atoms with E-state index in [2.05, 4.69) is 10.6 Å². The molecule has 1 fully saturated rings. The molecule has 1 atom stereocenters. The van der Waals surface area contributed by atoms with Gasteiger partial charge in [0.15, 0.2) is 17.0 Å². The number of methoxy groups -OCH3 is 1. The van der Waals surface area contributed by atoms with Crippen molar-refractivity contribution in [3.63, 3.8) is 0 Å². The minimum atomic E-state index is -0.325. The maximum Gasteiger partial charge on any atom is 0.260 e. The van der Waals surface area contributed by atoms with Crippen LogP contribution in [-0.4, -0.2) is 25.1 Å². The first-order chi connectivity index (χ1) is 16.9. The minimum absolute atomic E-state index is 0.159. The molecule has 4 rings (SSSR count). The highest BCUT2D eigenvalue weighted by Gasteiger charge is 2.28. The lowest BCUT2D eigenvalue weighted by Gasteiger charge is -2.16. The number of carbonyl (C=O) groups is 1. The quantitative estimate of drug-likeness (QED) is 0.371. The molecule has 6 nitrogen and oxygen atoms in total. The molecule has 1 saturated heterocycles. The maximum atomic E-state index is 13.1. The number of thioether (sulfide) groups is 1. The van der Waals surface area contributed by atoms with Crippen molar-refractivity contribution in [2.45, 2.75) is 26.0 Å². The first-order valence-corrected chi connectivity index (χ1v) is 12.1. The molecular formula is C27H27FN2O4S. The molecule has 0 aromatic heterocycles. The number of halogens is 1. The van der Waals surface area contributed by atoms with Crippen LogP contribution in [0.25, 0.3) is 6.08 Å². The summed E-state index contributed by atoms with van der Waals surface area (Å²) in [5.41, 5.74) is 3.24. The second-order valence-corrected chi connectivity index (χ2v) is 9.03. The standard InChI is InChI=1S/C27H27FN2O4S/c1-4-33-24-14-19(8-12-23(24)34-16-18-6-9-20(28)10-7-18)15-25-26(31)30-27(35-25)29-21-13-17(2)5-11-22(21)32-3/h5-15,27,29H,4,16H2,1-3H3,(H,30,31)/b25-15-. The number of ether oxygens (including phenoxy) is 3. The van der Waals surface area contributed by atoms with Gasteiger partial charge >= 0.3 is 0 Å². The Labute approximate surface area is 208 Å². The van der Waals surface area contributed by atoms with Gasteiger partial charge in [-0.05, 0) is 73.0 Å². The van der Waals surface area contributed by atoms with Gasteiger partial charge in [0.05, 0.1) is 24.3 Å². The summed E-state index contributed by atoms with van der Waals surface area (Å²) in [7, 11) is 1.62. The number of hydrogen-bond acceptors (Lipinski definition) is 6. The van der Waals surface area contributed by atoms with E-state index in [9.17, 15) is 9.18 Å². The molecule has 1 unspecified atom stereocenters. The van der Waals surface area contributed by atoms with Gasteiger partial charge in [-0.3, -0.25) is 4.79 Å². The van der Waals surface area contributed by atoms with E-state index in [1.807, 2.05) is 56.3 Å². The second kappa shape index (κ2) is 11.2. The number of carbonyl (C=O) groups excluding carboxylic acids is 1. The molecule has 8 heteroatoms. The molecule has 1 aliphatic rings. The summed E-state index contributed by atoms with van der Waals surface area (Å²) in [6.45, 7) is 4.64. The Hall–Kier alpha value is -3.65. The summed E-state index contributed by atoms with van der Waals surface area (Å²) < 4.78 is 30.2. The van der Waals surface area contributed by atoms with Gasteiger partial charge in [0.1, 0.15) is 18.2 Å².